The summed E-state index contributed by atoms with van der Waals surface area (Å²) in [6, 6.07) is 0. The highest BCUT2D eigenvalue weighted by molar-refractivity contribution is 5.36. The van der Waals surface area contributed by atoms with Gasteiger partial charge >= 0.3 is 0 Å². The number of nitrogens with one attached hydrogen (secondary N) is 1. The second-order valence-corrected chi connectivity index (χ2v) is 4.35. The Morgan fingerprint density at radius 1 is 1.43 bits per heavy atom. The van der Waals surface area contributed by atoms with Gasteiger partial charge in [0.25, 0.3) is 6.47 Å². The smallest absolute Gasteiger partial charge is 0.293 e. The number of ether oxygens (including phenoxy) is 1. The largest absolute Gasteiger partial charge is 0.467 e. The Kier molecular flexibility index (Phi) is 9.78. The van der Waals surface area contributed by atoms with Crippen molar-refractivity contribution in [3.8, 4) is 0 Å². The molecule has 0 aromatic rings. The van der Waals surface area contributed by atoms with Crippen LogP contribution in [0.4, 0.5) is 0 Å². The molecule has 14 heavy (non-hydrogen) atoms. The zero-order valence-electron chi connectivity index (χ0n) is 10.0. The molecule has 0 heterocycles. The van der Waals surface area contributed by atoms with Crippen molar-refractivity contribution in [1.82, 2.24) is 5.32 Å². The zero-order valence-corrected chi connectivity index (χ0v) is 10.0. The van der Waals surface area contributed by atoms with Crippen molar-refractivity contribution in [2.24, 2.45) is 0 Å². The van der Waals surface area contributed by atoms with Gasteiger partial charge in [0.15, 0.2) is 0 Å². The van der Waals surface area contributed by atoms with Crippen molar-refractivity contribution in [3.63, 3.8) is 0 Å². The molecule has 0 rings (SSSR count). The topological polar surface area (TPSA) is 38.3 Å². The summed E-state index contributed by atoms with van der Waals surface area (Å²) in [4.78, 5) is 9.68. The van der Waals surface area contributed by atoms with E-state index in [1.54, 1.807) is 0 Å². The third-order valence-electron chi connectivity index (χ3n) is 0.943. The molecule has 0 saturated heterocycles. The van der Waals surface area contributed by atoms with Gasteiger partial charge in [0.1, 0.15) is 6.61 Å². The molecule has 3 heteroatoms. The number of hydrogen-bond donors (Lipinski definition) is 1. The Bertz CT molecular complexity index is 155. The molecule has 3 nitrogen and oxygen atoms in total. The fourth-order valence-corrected chi connectivity index (χ4v) is 0.533. The van der Waals surface area contributed by atoms with E-state index in [1.807, 2.05) is 13.8 Å². The molecule has 84 valence electrons. The third-order valence-corrected chi connectivity index (χ3v) is 0.943. The van der Waals surface area contributed by atoms with Crippen LogP contribution < -0.4 is 5.32 Å². The minimum absolute atomic E-state index is 0.103. The van der Waals surface area contributed by atoms with E-state index in [1.165, 1.54) is 5.57 Å². The minimum atomic E-state index is 0.103. The minimum Gasteiger partial charge on any atom is -0.467 e. The van der Waals surface area contributed by atoms with Crippen molar-refractivity contribution in [1.29, 1.82) is 0 Å². The van der Waals surface area contributed by atoms with Gasteiger partial charge in [0.05, 0.1) is 0 Å². The van der Waals surface area contributed by atoms with Gasteiger partial charge in [-0.2, -0.15) is 0 Å². The molecule has 0 aliphatic rings. The first-order valence-electron chi connectivity index (χ1n) is 4.72. The van der Waals surface area contributed by atoms with Crippen LogP contribution in [-0.4, -0.2) is 25.2 Å². The van der Waals surface area contributed by atoms with E-state index in [0.717, 1.165) is 0 Å². The summed E-state index contributed by atoms with van der Waals surface area (Å²) in [6.07, 6.45) is 0. The van der Waals surface area contributed by atoms with Crippen molar-refractivity contribution in [2.45, 2.75) is 40.2 Å². The predicted molar refractivity (Wildman–Crippen MR) is 60.3 cm³/mol. The summed E-state index contributed by atoms with van der Waals surface area (Å²) in [5, 5.41) is 3.17. The Hall–Kier alpha value is -0.830. The molecule has 0 aromatic carbocycles. The van der Waals surface area contributed by atoms with Crippen molar-refractivity contribution >= 4 is 6.47 Å². The fraction of sp³-hybridized carbons (Fsp3) is 0.727. The van der Waals surface area contributed by atoms with Gasteiger partial charge in [-0.05, 0) is 34.6 Å². The lowest BCUT2D eigenvalue weighted by molar-refractivity contribution is -0.128. The van der Waals surface area contributed by atoms with Crippen molar-refractivity contribution in [2.75, 3.05) is 13.2 Å². The van der Waals surface area contributed by atoms with Gasteiger partial charge in [-0.25, -0.2) is 0 Å². The molecule has 0 radical (unpaired) electrons. The van der Waals surface area contributed by atoms with E-state index in [0.29, 0.717) is 19.6 Å². The molecular formula is C11H23NO2. The molecular weight excluding hydrogens is 178 g/mol. The molecule has 0 bridgehead atoms. The highest BCUT2D eigenvalue weighted by Crippen LogP contribution is 1.96. The van der Waals surface area contributed by atoms with Crippen LogP contribution in [0, 0.1) is 0 Å². The molecule has 0 unspecified atom stereocenters. The number of carbonyl (C=O) groups excluding carboxylic acids is 1. The standard InChI is InChI=1S/C7H15NO2.C4H8/c1-7(2,3)8-4-5-10-6-9;1-4(2)3/h6,8H,4-5H2,1-3H3;1H2,2-3H3. The maximum absolute atomic E-state index is 9.68. The molecule has 0 amide bonds. The van der Waals surface area contributed by atoms with E-state index in [-0.39, 0.29) is 5.54 Å². The Balaban J connectivity index is 0. The second kappa shape index (κ2) is 8.75. The monoisotopic (exact) mass is 201 g/mol. The Morgan fingerprint density at radius 3 is 2.14 bits per heavy atom. The molecule has 0 fully saturated rings. The lowest BCUT2D eigenvalue weighted by Crippen LogP contribution is -2.37. The normalized spacial score (nSPS) is 9.79. The van der Waals surface area contributed by atoms with Gasteiger partial charge < -0.3 is 10.1 Å². The van der Waals surface area contributed by atoms with Crippen LogP contribution in [-0.2, 0) is 9.53 Å². The average Bonchev–Trinajstić information content (AvgIpc) is 1.95. The van der Waals surface area contributed by atoms with Gasteiger partial charge in [-0.15, -0.1) is 6.58 Å². The van der Waals surface area contributed by atoms with Gasteiger partial charge in [-0.1, -0.05) is 5.57 Å². The van der Waals surface area contributed by atoms with E-state index < -0.39 is 0 Å². The number of allylic oxidation sites excluding steroid dienone is 1. The summed E-state index contributed by atoms with van der Waals surface area (Å²) in [5.74, 6) is 0. The lowest BCUT2D eigenvalue weighted by Gasteiger charge is -2.19. The highest BCUT2D eigenvalue weighted by atomic mass is 16.5. The highest BCUT2D eigenvalue weighted by Gasteiger charge is 2.06. The maximum Gasteiger partial charge on any atom is 0.293 e. The van der Waals surface area contributed by atoms with Crippen LogP contribution in [0.5, 0.6) is 0 Å². The third kappa shape index (κ3) is 30.3. The van der Waals surface area contributed by atoms with E-state index in [2.05, 4.69) is 37.4 Å². The number of carbonyl (C=O) groups is 1. The van der Waals surface area contributed by atoms with Crippen LogP contribution in [0.1, 0.15) is 34.6 Å². The van der Waals surface area contributed by atoms with Gasteiger partial charge in [0.2, 0.25) is 0 Å². The Labute approximate surface area is 87.5 Å². The van der Waals surface area contributed by atoms with Crippen molar-refractivity contribution in [3.05, 3.63) is 12.2 Å². The molecule has 0 aliphatic carbocycles. The first kappa shape index (κ1) is 15.6. The summed E-state index contributed by atoms with van der Waals surface area (Å²) < 4.78 is 4.49. The molecule has 0 saturated carbocycles. The Morgan fingerprint density at radius 2 is 1.86 bits per heavy atom. The zero-order chi connectivity index (χ0) is 11.6. The maximum atomic E-state index is 9.68. The first-order chi connectivity index (χ1) is 6.29. The average molecular weight is 201 g/mol. The number of rotatable bonds is 4. The van der Waals surface area contributed by atoms with Crippen molar-refractivity contribution < 1.29 is 9.53 Å². The van der Waals surface area contributed by atoms with E-state index in [9.17, 15) is 4.79 Å². The molecule has 0 aromatic heterocycles. The molecule has 1 N–H and O–H groups in total. The molecule has 0 aliphatic heterocycles. The van der Waals surface area contributed by atoms with Crippen LogP contribution in [0.25, 0.3) is 0 Å². The van der Waals surface area contributed by atoms with Crippen LogP contribution in [0.3, 0.4) is 0 Å². The summed E-state index contributed by atoms with van der Waals surface area (Å²) in [6.45, 7) is 15.3. The molecule has 0 atom stereocenters. The van der Waals surface area contributed by atoms with Gasteiger partial charge in [-0.3, -0.25) is 4.79 Å². The van der Waals surface area contributed by atoms with Crippen LogP contribution in [0.15, 0.2) is 12.2 Å². The van der Waals surface area contributed by atoms with E-state index >= 15 is 0 Å². The molecule has 0 spiro atoms. The summed E-state index contributed by atoms with van der Waals surface area (Å²) in [7, 11) is 0. The predicted octanol–water partition coefficient (Wildman–Crippen LogP) is 2.13. The SMILES string of the molecule is C=C(C)C.CC(C)(C)NCCOC=O. The van der Waals surface area contributed by atoms with Gasteiger partial charge in [0, 0.05) is 12.1 Å². The lowest BCUT2D eigenvalue weighted by atomic mass is 10.1. The fourth-order valence-electron chi connectivity index (χ4n) is 0.533. The van der Waals surface area contributed by atoms with Crippen LogP contribution >= 0.6 is 0 Å². The first-order valence-corrected chi connectivity index (χ1v) is 4.72. The summed E-state index contributed by atoms with van der Waals surface area (Å²) >= 11 is 0. The number of hydrogen-bond acceptors (Lipinski definition) is 3. The van der Waals surface area contributed by atoms with E-state index in [4.69, 9.17) is 0 Å². The second-order valence-electron chi connectivity index (χ2n) is 4.35. The quantitative estimate of drug-likeness (QED) is 0.430. The van der Waals surface area contributed by atoms with Crippen LogP contribution in [0.2, 0.25) is 0 Å². The summed E-state index contributed by atoms with van der Waals surface area (Å²) in [5.41, 5.74) is 1.27.